The van der Waals surface area contributed by atoms with E-state index >= 15 is 0 Å². The van der Waals surface area contributed by atoms with Gasteiger partial charge in [-0.3, -0.25) is 0 Å². The third-order valence-electron chi connectivity index (χ3n) is 9.47. The third-order valence-corrected chi connectivity index (χ3v) is 9.47. The molecule has 0 bridgehead atoms. The Morgan fingerprint density at radius 3 is 1.24 bits per heavy atom. The Bertz CT molecular complexity index is 2500. The average molecular weight is 583 g/mol. The Morgan fingerprint density at radius 2 is 0.630 bits per heavy atom. The fourth-order valence-corrected chi connectivity index (χ4v) is 7.41. The van der Waals surface area contributed by atoms with Gasteiger partial charge in [-0.15, -0.1) is 0 Å². The zero-order valence-electron chi connectivity index (χ0n) is 25.3. The minimum absolute atomic E-state index is 1.22. The highest BCUT2D eigenvalue weighted by molar-refractivity contribution is 6.25. The lowest BCUT2D eigenvalue weighted by atomic mass is 9.83. The predicted octanol–water partition coefficient (Wildman–Crippen LogP) is 13.0. The molecule has 0 aliphatic carbocycles. The highest BCUT2D eigenvalue weighted by Gasteiger charge is 2.19. The summed E-state index contributed by atoms with van der Waals surface area (Å²) in [7, 11) is 0. The van der Waals surface area contributed by atoms with Crippen molar-refractivity contribution in [3.63, 3.8) is 0 Å². The Hall–Kier alpha value is -5.98. The molecule has 0 fully saturated rings. The molecule has 0 atom stereocenters. The van der Waals surface area contributed by atoms with Gasteiger partial charge in [-0.25, -0.2) is 0 Å². The Labute approximate surface area is 268 Å². The minimum atomic E-state index is 1.22. The van der Waals surface area contributed by atoms with E-state index in [0.29, 0.717) is 0 Å². The normalized spacial score (nSPS) is 11.5. The largest absolute Gasteiger partial charge is 0.0622 e. The maximum atomic E-state index is 2.39. The molecule has 0 saturated carbocycles. The minimum Gasteiger partial charge on any atom is -0.0622 e. The van der Waals surface area contributed by atoms with Crippen molar-refractivity contribution in [3.05, 3.63) is 182 Å². The second kappa shape index (κ2) is 10.9. The summed E-state index contributed by atoms with van der Waals surface area (Å²) in [5.41, 5.74) is 10.0. The van der Waals surface area contributed by atoms with Gasteiger partial charge >= 0.3 is 0 Å². The maximum Gasteiger partial charge on any atom is -0.00199 e. The Balaban J connectivity index is 1.29. The van der Waals surface area contributed by atoms with Gasteiger partial charge in [0.25, 0.3) is 0 Å². The lowest BCUT2D eigenvalue weighted by Gasteiger charge is -2.20. The summed E-state index contributed by atoms with van der Waals surface area (Å²) in [5.74, 6) is 0. The van der Waals surface area contributed by atoms with Crippen LogP contribution in [0.3, 0.4) is 0 Å². The van der Waals surface area contributed by atoms with Crippen LogP contribution < -0.4 is 0 Å². The van der Waals surface area contributed by atoms with E-state index in [1.54, 1.807) is 0 Å². The van der Waals surface area contributed by atoms with Crippen molar-refractivity contribution in [1.29, 1.82) is 0 Å². The van der Waals surface area contributed by atoms with Crippen LogP contribution in [0.2, 0.25) is 0 Å². The first-order chi connectivity index (χ1) is 22.8. The molecule has 0 heterocycles. The molecule has 0 spiro atoms. The molecule has 9 aromatic rings. The van der Waals surface area contributed by atoms with E-state index in [9.17, 15) is 0 Å². The summed E-state index contributed by atoms with van der Waals surface area (Å²) in [5, 5.41) is 10.2. The van der Waals surface area contributed by atoms with E-state index in [1.807, 2.05) is 0 Å². The van der Waals surface area contributed by atoms with Gasteiger partial charge in [-0.05, 0) is 93.7 Å². The fourth-order valence-electron chi connectivity index (χ4n) is 7.41. The van der Waals surface area contributed by atoms with Crippen LogP contribution in [0.1, 0.15) is 0 Å². The molecule has 0 saturated heterocycles. The first-order valence-corrected chi connectivity index (χ1v) is 15.9. The van der Waals surface area contributed by atoms with E-state index in [4.69, 9.17) is 0 Å². The van der Waals surface area contributed by atoms with Gasteiger partial charge in [0.2, 0.25) is 0 Å². The summed E-state index contributed by atoms with van der Waals surface area (Å²) in [6, 6.07) is 66.4. The van der Waals surface area contributed by atoms with Crippen molar-refractivity contribution >= 4 is 43.1 Å². The summed E-state index contributed by atoms with van der Waals surface area (Å²) < 4.78 is 0. The summed E-state index contributed by atoms with van der Waals surface area (Å²) in [4.78, 5) is 0. The highest BCUT2D eigenvalue weighted by atomic mass is 14.2. The molecule has 9 aromatic carbocycles. The van der Waals surface area contributed by atoms with Crippen molar-refractivity contribution < 1.29 is 0 Å². The molecule has 0 nitrogen and oxygen atoms in total. The topological polar surface area (TPSA) is 0 Å². The lowest BCUT2D eigenvalue weighted by molar-refractivity contribution is 1.58. The molecule has 0 aromatic heterocycles. The molecule has 9 rings (SSSR count). The van der Waals surface area contributed by atoms with Gasteiger partial charge in [0.15, 0.2) is 0 Å². The van der Waals surface area contributed by atoms with Crippen LogP contribution in [0.25, 0.3) is 87.6 Å². The second-order valence-electron chi connectivity index (χ2n) is 12.0. The van der Waals surface area contributed by atoms with Crippen LogP contribution in [0, 0.1) is 0 Å². The lowest BCUT2D eigenvalue weighted by Crippen LogP contribution is -1.92. The summed E-state index contributed by atoms with van der Waals surface area (Å²) >= 11 is 0. The van der Waals surface area contributed by atoms with Gasteiger partial charge in [0.1, 0.15) is 0 Å². The summed E-state index contributed by atoms with van der Waals surface area (Å²) in [6.45, 7) is 0. The maximum absolute atomic E-state index is 2.39. The van der Waals surface area contributed by atoms with Crippen molar-refractivity contribution in [2.45, 2.75) is 0 Å². The number of hydrogen-bond acceptors (Lipinski definition) is 0. The molecule has 214 valence electrons. The van der Waals surface area contributed by atoms with Gasteiger partial charge in [-0.1, -0.05) is 176 Å². The molecule has 0 heteroatoms. The third kappa shape index (κ3) is 4.23. The van der Waals surface area contributed by atoms with E-state index < -0.39 is 0 Å². The smallest absolute Gasteiger partial charge is 0.00199 e. The van der Waals surface area contributed by atoms with Gasteiger partial charge in [0, 0.05) is 0 Å². The monoisotopic (exact) mass is 582 g/mol. The molecule has 0 unspecified atom stereocenters. The molecule has 46 heavy (non-hydrogen) atoms. The molecular weight excluding hydrogens is 553 g/mol. The zero-order valence-corrected chi connectivity index (χ0v) is 25.3. The summed E-state index contributed by atoms with van der Waals surface area (Å²) in [6.07, 6.45) is 0. The van der Waals surface area contributed by atoms with Crippen molar-refractivity contribution in [1.82, 2.24) is 0 Å². The van der Waals surface area contributed by atoms with Crippen LogP contribution in [0.4, 0.5) is 0 Å². The van der Waals surface area contributed by atoms with Gasteiger partial charge in [-0.2, -0.15) is 0 Å². The van der Waals surface area contributed by atoms with Crippen LogP contribution in [0.15, 0.2) is 182 Å². The first-order valence-electron chi connectivity index (χ1n) is 15.9. The first kappa shape index (κ1) is 26.4. The molecule has 0 amide bonds. The average Bonchev–Trinajstić information content (AvgIpc) is 3.14. The van der Waals surface area contributed by atoms with Gasteiger partial charge in [0.05, 0.1) is 0 Å². The molecule has 0 N–H and O–H groups in total. The van der Waals surface area contributed by atoms with Crippen LogP contribution in [-0.4, -0.2) is 0 Å². The number of fused-ring (bicyclic) bond motifs is 5. The predicted molar refractivity (Wildman–Crippen MR) is 198 cm³/mol. The standard InChI is InChI=1S/C46H30/c1-2-14-31(15-3-1)35-17-6-7-18-36(35)32-26-28-33(29-27-32)45-40-22-10-12-24-42(40)46(43-25-13-11-23-41(43)45)44-30-34-16-4-5-19-37(34)38-20-8-9-21-39(38)44/h1-30H. The zero-order chi connectivity index (χ0) is 30.5. The van der Waals surface area contributed by atoms with Crippen LogP contribution in [0.5, 0.6) is 0 Å². The molecule has 0 aliphatic rings. The second-order valence-corrected chi connectivity index (χ2v) is 12.0. The van der Waals surface area contributed by atoms with E-state index in [-0.39, 0.29) is 0 Å². The van der Waals surface area contributed by atoms with Crippen molar-refractivity contribution in [2.75, 3.05) is 0 Å². The SMILES string of the molecule is c1ccc(-c2ccccc2-c2ccc(-c3c4ccccc4c(-c4cc5ccccc5c5ccccc45)c4ccccc34)cc2)cc1. The Kier molecular flexibility index (Phi) is 6.25. The molecule has 0 radical (unpaired) electrons. The van der Waals surface area contributed by atoms with E-state index in [2.05, 4.69) is 182 Å². The van der Waals surface area contributed by atoms with E-state index in [1.165, 1.54) is 87.6 Å². The quantitative estimate of drug-likeness (QED) is 0.143. The molecular formula is C46H30. The number of rotatable bonds is 4. The van der Waals surface area contributed by atoms with Crippen molar-refractivity contribution in [3.8, 4) is 44.5 Å². The van der Waals surface area contributed by atoms with Gasteiger partial charge < -0.3 is 0 Å². The molecule has 0 aliphatic heterocycles. The van der Waals surface area contributed by atoms with Crippen LogP contribution in [-0.2, 0) is 0 Å². The van der Waals surface area contributed by atoms with Crippen molar-refractivity contribution in [2.24, 2.45) is 0 Å². The highest BCUT2D eigenvalue weighted by Crippen LogP contribution is 2.46. The number of hydrogen-bond donors (Lipinski definition) is 0. The number of benzene rings is 9. The fraction of sp³-hybridized carbons (Fsp3) is 0. The Morgan fingerprint density at radius 1 is 0.217 bits per heavy atom. The van der Waals surface area contributed by atoms with E-state index in [0.717, 1.165) is 0 Å². The van der Waals surface area contributed by atoms with Crippen LogP contribution >= 0.6 is 0 Å².